The van der Waals surface area contributed by atoms with Crippen molar-refractivity contribution < 1.29 is 9.59 Å². The van der Waals surface area contributed by atoms with Gasteiger partial charge in [0.05, 0.1) is 0 Å². The van der Waals surface area contributed by atoms with Crippen molar-refractivity contribution in [3.05, 3.63) is 23.4 Å². The zero-order valence-electron chi connectivity index (χ0n) is 12.8. The summed E-state index contributed by atoms with van der Waals surface area (Å²) >= 11 is 0. The lowest BCUT2D eigenvalue weighted by molar-refractivity contribution is -0.119. The van der Waals surface area contributed by atoms with Gasteiger partial charge in [-0.05, 0) is 44.4 Å². The van der Waals surface area contributed by atoms with Gasteiger partial charge in [0.2, 0.25) is 5.91 Å². The third-order valence-electron chi connectivity index (χ3n) is 3.45. The summed E-state index contributed by atoms with van der Waals surface area (Å²) < 4.78 is 0. The van der Waals surface area contributed by atoms with Crippen molar-refractivity contribution in [2.45, 2.75) is 39.7 Å². The van der Waals surface area contributed by atoms with E-state index in [1.807, 2.05) is 26.0 Å². The molecule has 0 spiro atoms. The molecule has 0 aromatic carbocycles. The summed E-state index contributed by atoms with van der Waals surface area (Å²) in [5.41, 5.74) is 1.94. The van der Waals surface area contributed by atoms with Crippen LogP contribution in [-0.2, 0) is 4.79 Å². The molecular weight excluding hydrogens is 268 g/mol. The van der Waals surface area contributed by atoms with Crippen molar-refractivity contribution in [2.24, 2.45) is 0 Å². The van der Waals surface area contributed by atoms with Crippen molar-refractivity contribution in [1.29, 1.82) is 0 Å². The van der Waals surface area contributed by atoms with Gasteiger partial charge in [-0.2, -0.15) is 0 Å². The molecule has 1 saturated heterocycles. The highest BCUT2D eigenvalue weighted by Crippen LogP contribution is 2.14. The fraction of sp³-hybridized carbons (Fsp3) is 0.533. The molecule has 1 fully saturated rings. The Labute approximate surface area is 124 Å². The zero-order chi connectivity index (χ0) is 15.4. The van der Waals surface area contributed by atoms with Gasteiger partial charge in [0.25, 0.3) is 0 Å². The Balaban J connectivity index is 1.97. The molecule has 2 N–H and O–H groups in total. The van der Waals surface area contributed by atoms with Crippen LogP contribution in [0.5, 0.6) is 0 Å². The molecule has 0 unspecified atom stereocenters. The van der Waals surface area contributed by atoms with Crippen LogP contribution in [0, 0.1) is 13.8 Å². The Hall–Kier alpha value is -2.11. The fourth-order valence-electron chi connectivity index (χ4n) is 2.66. The Morgan fingerprint density at radius 3 is 2.76 bits per heavy atom. The van der Waals surface area contributed by atoms with Crippen LogP contribution in [-0.4, -0.2) is 41.0 Å². The first-order valence-electron chi connectivity index (χ1n) is 7.22. The molecule has 0 saturated carbocycles. The van der Waals surface area contributed by atoms with E-state index in [1.165, 1.54) is 6.92 Å². The monoisotopic (exact) mass is 290 g/mol. The van der Waals surface area contributed by atoms with Crippen LogP contribution in [0.1, 0.15) is 31.0 Å². The molecule has 2 rings (SSSR count). The topological polar surface area (TPSA) is 74.3 Å². The van der Waals surface area contributed by atoms with Gasteiger partial charge in [-0.1, -0.05) is 0 Å². The Kier molecular flexibility index (Phi) is 4.77. The molecule has 0 bridgehead atoms. The van der Waals surface area contributed by atoms with E-state index in [9.17, 15) is 9.59 Å². The van der Waals surface area contributed by atoms with Crippen molar-refractivity contribution in [2.75, 3.05) is 18.4 Å². The van der Waals surface area contributed by atoms with E-state index in [-0.39, 0.29) is 18.0 Å². The average molecular weight is 290 g/mol. The minimum Gasteiger partial charge on any atom is -0.352 e. The van der Waals surface area contributed by atoms with Crippen LogP contribution in [0.3, 0.4) is 0 Å². The SMILES string of the molecule is CC(=O)N[C@H]1CCCN(C(=O)Nc2cc(C)cc(C)n2)C1. The first-order valence-corrected chi connectivity index (χ1v) is 7.22. The van der Waals surface area contributed by atoms with Gasteiger partial charge >= 0.3 is 6.03 Å². The van der Waals surface area contributed by atoms with E-state index in [1.54, 1.807) is 4.90 Å². The largest absolute Gasteiger partial charge is 0.352 e. The number of amides is 3. The van der Waals surface area contributed by atoms with E-state index < -0.39 is 0 Å². The Morgan fingerprint density at radius 1 is 1.33 bits per heavy atom. The number of piperidine rings is 1. The number of nitrogens with zero attached hydrogens (tertiary/aromatic N) is 2. The summed E-state index contributed by atoms with van der Waals surface area (Å²) in [6, 6.07) is 3.68. The molecular formula is C15H22N4O2. The minimum absolute atomic E-state index is 0.0363. The van der Waals surface area contributed by atoms with Crippen LogP contribution < -0.4 is 10.6 Å². The summed E-state index contributed by atoms with van der Waals surface area (Å²) in [5, 5.41) is 5.70. The number of anilines is 1. The van der Waals surface area contributed by atoms with Crippen LogP contribution >= 0.6 is 0 Å². The van der Waals surface area contributed by atoms with E-state index >= 15 is 0 Å². The van der Waals surface area contributed by atoms with Gasteiger partial charge in [0.1, 0.15) is 5.82 Å². The number of rotatable bonds is 2. The van der Waals surface area contributed by atoms with Crippen molar-refractivity contribution in [1.82, 2.24) is 15.2 Å². The number of aromatic nitrogens is 1. The van der Waals surface area contributed by atoms with E-state index in [4.69, 9.17) is 0 Å². The first-order chi connectivity index (χ1) is 9.94. The second-order valence-corrected chi connectivity index (χ2v) is 5.59. The van der Waals surface area contributed by atoms with Crippen LogP contribution in [0.2, 0.25) is 0 Å². The second-order valence-electron chi connectivity index (χ2n) is 5.59. The highest BCUT2D eigenvalue weighted by Gasteiger charge is 2.24. The molecule has 1 aromatic heterocycles. The summed E-state index contributed by atoms with van der Waals surface area (Å²) in [5.74, 6) is 0.511. The predicted octanol–water partition coefficient (Wildman–Crippen LogP) is 1.83. The number of carbonyl (C=O) groups is 2. The number of hydrogen-bond donors (Lipinski definition) is 2. The molecule has 0 aliphatic carbocycles. The summed E-state index contributed by atoms with van der Waals surface area (Å²) in [6.45, 7) is 6.61. The van der Waals surface area contributed by atoms with Crippen molar-refractivity contribution in [3.8, 4) is 0 Å². The summed E-state index contributed by atoms with van der Waals surface area (Å²) in [4.78, 5) is 29.4. The normalized spacial score (nSPS) is 18.2. The van der Waals surface area contributed by atoms with Gasteiger partial charge < -0.3 is 10.2 Å². The molecule has 1 atom stereocenters. The number of likely N-dealkylation sites (tertiary alicyclic amines) is 1. The second kappa shape index (κ2) is 6.56. The maximum absolute atomic E-state index is 12.3. The summed E-state index contributed by atoms with van der Waals surface area (Å²) in [7, 11) is 0. The number of pyridine rings is 1. The quantitative estimate of drug-likeness (QED) is 0.872. The standard InChI is InChI=1S/C15H22N4O2/c1-10-7-11(2)16-14(8-10)18-15(21)19-6-4-5-13(9-19)17-12(3)20/h7-8,13H,4-6,9H2,1-3H3,(H,17,20)(H,16,18,21)/t13-/m0/s1. The number of hydrogen-bond acceptors (Lipinski definition) is 3. The molecule has 21 heavy (non-hydrogen) atoms. The van der Waals surface area contributed by atoms with Gasteiger partial charge in [0.15, 0.2) is 0 Å². The van der Waals surface area contributed by atoms with E-state index in [2.05, 4.69) is 15.6 Å². The highest BCUT2D eigenvalue weighted by atomic mass is 16.2. The van der Waals surface area contributed by atoms with Gasteiger partial charge in [-0.15, -0.1) is 0 Å². The van der Waals surface area contributed by atoms with Gasteiger partial charge in [-0.25, -0.2) is 9.78 Å². The molecule has 1 aromatic rings. The third-order valence-corrected chi connectivity index (χ3v) is 3.45. The Morgan fingerprint density at radius 2 is 2.10 bits per heavy atom. The van der Waals surface area contributed by atoms with Crippen molar-refractivity contribution in [3.63, 3.8) is 0 Å². The van der Waals surface area contributed by atoms with Crippen LogP contribution in [0.15, 0.2) is 12.1 Å². The van der Waals surface area contributed by atoms with E-state index in [0.717, 1.165) is 24.1 Å². The molecule has 1 aliphatic heterocycles. The smallest absolute Gasteiger partial charge is 0.323 e. The molecule has 6 heteroatoms. The molecule has 114 valence electrons. The first kappa shape index (κ1) is 15.3. The minimum atomic E-state index is -0.164. The number of urea groups is 1. The third kappa shape index (κ3) is 4.44. The zero-order valence-corrected chi connectivity index (χ0v) is 12.8. The predicted molar refractivity (Wildman–Crippen MR) is 81.1 cm³/mol. The maximum atomic E-state index is 12.3. The van der Waals surface area contributed by atoms with E-state index in [0.29, 0.717) is 18.9 Å². The lowest BCUT2D eigenvalue weighted by Gasteiger charge is -2.32. The molecule has 3 amide bonds. The molecule has 6 nitrogen and oxygen atoms in total. The van der Waals surface area contributed by atoms with Gasteiger partial charge in [0, 0.05) is 31.7 Å². The molecule has 1 aliphatic rings. The molecule has 2 heterocycles. The fourth-order valence-corrected chi connectivity index (χ4v) is 2.66. The lowest BCUT2D eigenvalue weighted by atomic mass is 10.1. The number of carbonyl (C=O) groups excluding carboxylic acids is 2. The van der Waals surface area contributed by atoms with Crippen LogP contribution in [0.25, 0.3) is 0 Å². The number of nitrogens with one attached hydrogen (secondary N) is 2. The lowest BCUT2D eigenvalue weighted by Crippen LogP contribution is -2.50. The number of aryl methyl sites for hydroxylation is 2. The molecule has 0 radical (unpaired) electrons. The maximum Gasteiger partial charge on any atom is 0.323 e. The average Bonchev–Trinajstić information content (AvgIpc) is 2.36. The Bertz CT molecular complexity index is 524. The van der Waals surface area contributed by atoms with Crippen LogP contribution in [0.4, 0.5) is 10.6 Å². The van der Waals surface area contributed by atoms with Gasteiger partial charge in [-0.3, -0.25) is 10.1 Å². The summed E-state index contributed by atoms with van der Waals surface area (Å²) in [6.07, 6.45) is 1.80. The highest BCUT2D eigenvalue weighted by molar-refractivity contribution is 5.88. The van der Waals surface area contributed by atoms with Crippen molar-refractivity contribution >= 4 is 17.8 Å².